The molecular weight excluding hydrogens is 390 g/mol. The molecule has 1 aliphatic heterocycles. The predicted octanol–water partition coefficient (Wildman–Crippen LogP) is 3.70. The van der Waals surface area contributed by atoms with Crippen molar-refractivity contribution in [1.82, 2.24) is 15.2 Å². The summed E-state index contributed by atoms with van der Waals surface area (Å²) in [6, 6.07) is 12.7. The number of hydrogen-bond acceptors (Lipinski definition) is 6. The van der Waals surface area contributed by atoms with Crippen LogP contribution in [0.4, 0.5) is 0 Å². The molecule has 2 N–H and O–H groups in total. The van der Waals surface area contributed by atoms with Gasteiger partial charge in [0.15, 0.2) is 0 Å². The zero-order chi connectivity index (χ0) is 19.6. The summed E-state index contributed by atoms with van der Waals surface area (Å²) in [5.41, 5.74) is -0.404. The largest absolute Gasteiger partial charge is 0.388 e. The fraction of sp³-hybridized carbons (Fsp3) is 0.333. The minimum absolute atomic E-state index is 0.111. The Labute approximate surface area is 172 Å². The lowest BCUT2D eigenvalue weighted by Crippen LogP contribution is -2.62. The van der Waals surface area contributed by atoms with Crippen LogP contribution in [0, 0.1) is 0 Å². The standard InChI is InChI=1S/C21H23N3O2S2/c1-21(26)9-11-24(14-17-22-10-13-28-17)18(16-8-5-12-27-16)19(21)23-20(25)15-6-3-2-4-7-15/h2-8,10,12-13,18-19,26H,9,11,14H2,1H3,(H,23,25). The lowest BCUT2D eigenvalue weighted by molar-refractivity contribution is -0.0656. The van der Waals surface area contributed by atoms with Crippen molar-refractivity contribution >= 4 is 28.6 Å². The maximum absolute atomic E-state index is 12.9. The van der Waals surface area contributed by atoms with Gasteiger partial charge in [0, 0.05) is 28.6 Å². The number of carbonyl (C=O) groups is 1. The van der Waals surface area contributed by atoms with E-state index in [-0.39, 0.29) is 11.9 Å². The molecule has 2 aromatic heterocycles. The molecule has 3 heterocycles. The van der Waals surface area contributed by atoms with E-state index in [2.05, 4.69) is 21.3 Å². The van der Waals surface area contributed by atoms with Crippen LogP contribution in [-0.2, 0) is 6.54 Å². The van der Waals surface area contributed by atoms with Crippen molar-refractivity contribution in [3.63, 3.8) is 0 Å². The van der Waals surface area contributed by atoms with Crippen LogP contribution in [0.5, 0.6) is 0 Å². The number of aliphatic hydroxyl groups is 1. The average Bonchev–Trinajstić information content (AvgIpc) is 3.39. The molecule has 1 aliphatic rings. The van der Waals surface area contributed by atoms with E-state index in [0.717, 1.165) is 16.4 Å². The minimum Gasteiger partial charge on any atom is -0.388 e. The predicted molar refractivity (Wildman–Crippen MR) is 113 cm³/mol. The van der Waals surface area contributed by atoms with Crippen molar-refractivity contribution in [2.24, 2.45) is 0 Å². The third kappa shape index (κ3) is 4.03. The number of likely N-dealkylation sites (tertiary alicyclic amines) is 1. The SMILES string of the molecule is CC1(O)CCN(Cc2nccs2)C(c2cccs2)C1NC(=O)c1ccccc1. The van der Waals surface area contributed by atoms with Gasteiger partial charge >= 0.3 is 0 Å². The number of amides is 1. The number of hydrogen-bond donors (Lipinski definition) is 2. The number of thiophene rings is 1. The summed E-state index contributed by atoms with van der Waals surface area (Å²) < 4.78 is 0. The first-order chi connectivity index (χ1) is 13.5. The molecule has 3 atom stereocenters. The van der Waals surface area contributed by atoms with E-state index < -0.39 is 11.6 Å². The highest BCUT2D eigenvalue weighted by molar-refractivity contribution is 7.10. The van der Waals surface area contributed by atoms with Crippen LogP contribution >= 0.6 is 22.7 Å². The lowest BCUT2D eigenvalue weighted by Gasteiger charge is -2.48. The quantitative estimate of drug-likeness (QED) is 0.669. The Hall–Kier alpha value is -2.06. The highest BCUT2D eigenvalue weighted by atomic mass is 32.1. The highest BCUT2D eigenvalue weighted by Crippen LogP contribution is 2.39. The van der Waals surface area contributed by atoms with Gasteiger partial charge < -0.3 is 10.4 Å². The summed E-state index contributed by atoms with van der Waals surface area (Å²) in [4.78, 5) is 20.8. The van der Waals surface area contributed by atoms with E-state index in [4.69, 9.17) is 0 Å². The Kier molecular flexibility index (Phi) is 5.59. The van der Waals surface area contributed by atoms with Crippen LogP contribution in [0.15, 0.2) is 59.4 Å². The molecule has 4 rings (SSSR count). The van der Waals surface area contributed by atoms with Crippen LogP contribution in [-0.4, -0.2) is 39.1 Å². The smallest absolute Gasteiger partial charge is 0.251 e. The second-order valence-electron chi connectivity index (χ2n) is 7.28. The summed E-state index contributed by atoms with van der Waals surface area (Å²) in [5, 5.41) is 19.4. The zero-order valence-electron chi connectivity index (χ0n) is 15.6. The number of nitrogens with zero attached hydrogens (tertiary/aromatic N) is 2. The second-order valence-corrected chi connectivity index (χ2v) is 9.24. The molecule has 0 saturated carbocycles. The molecule has 0 bridgehead atoms. The molecule has 0 radical (unpaired) electrons. The molecule has 0 spiro atoms. The average molecular weight is 414 g/mol. The van der Waals surface area contributed by atoms with Crippen molar-refractivity contribution in [3.8, 4) is 0 Å². The van der Waals surface area contributed by atoms with E-state index >= 15 is 0 Å². The van der Waals surface area contributed by atoms with Gasteiger partial charge in [-0.15, -0.1) is 22.7 Å². The van der Waals surface area contributed by atoms with Crippen molar-refractivity contribution in [3.05, 3.63) is 74.9 Å². The van der Waals surface area contributed by atoms with Gasteiger partial charge in [0.05, 0.1) is 24.2 Å². The number of aromatic nitrogens is 1. The Bertz CT molecular complexity index is 895. The van der Waals surface area contributed by atoms with Gasteiger partial charge in [-0.3, -0.25) is 9.69 Å². The number of piperidine rings is 1. The first-order valence-electron chi connectivity index (χ1n) is 9.29. The fourth-order valence-electron chi connectivity index (χ4n) is 3.75. The van der Waals surface area contributed by atoms with Crippen LogP contribution < -0.4 is 5.32 Å². The fourth-order valence-corrected chi connectivity index (χ4v) is 5.29. The third-order valence-electron chi connectivity index (χ3n) is 5.26. The number of thiazole rings is 1. The summed E-state index contributed by atoms with van der Waals surface area (Å²) in [5.74, 6) is -0.163. The first kappa shape index (κ1) is 19.3. The zero-order valence-corrected chi connectivity index (χ0v) is 17.2. The van der Waals surface area contributed by atoms with Crippen LogP contribution in [0.25, 0.3) is 0 Å². The first-order valence-corrected chi connectivity index (χ1v) is 11.0. The van der Waals surface area contributed by atoms with Crippen LogP contribution in [0.3, 0.4) is 0 Å². The van der Waals surface area contributed by atoms with Gasteiger partial charge in [-0.05, 0) is 36.9 Å². The van der Waals surface area contributed by atoms with E-state index in [1.165, 1.54) is 0 Å². The van der Waals surface area contributed by atoms with Gasteiger partial charge in [-0.25, -0.2) is 4.98 Å². The lowest BCUT2D eigenvalue weighted by atomic mass is 9.81. The molecule has 1 aromatic carbocycles. The summed E-state index contributed by atoms with van der Waals surface area (Å²) in [6.45, 7) is 3.27. The van der Waals surface area contributed by atoms with Crippen LogP contribution in [0.1, 0.15) is 39.6 Å². The molecule has 5 nitrogen and oxygen atoms in total. The monoisotopic (exact) mass is 413 g/mol. The van der Waals surface area contributed by atoms with Gasteiger partial charge in [0.1, 0.15) is 5.01 Å². The number of benzene rings is 1. The van der Waals surface area contributed by atoms with Crippen LogP contribution in [0.2, 0.25) is 0 Å². The summed E-state index contributed by atoms with van der Waals surface area (Å²) in [7, 11) is 0. The van der Waals surface area contributed by atoms with Crippen molar-refractivity contribution in [1.29, 1.82) is 0 Å². The minimum atomic E-state index is -1.00. The van der Waals surface area contributed by atoms with Gasteiger partial charge in [-0.1, -0.05) is 24.3 Å². The summed E-state index contributed by atoms with van der Waals surface area (Å²) in [6.07, 6.45) is 2.40. The number of carbonyl (C=O) groups excluding carboxylic acids is 1. The Morgan fingerprint density at radius 2 is 2.07 bits per heavy atom. The molecule has 3 aromatic rings. The molecule has 1 saturated heterocycles. The molecule has 1 fully saturated rings. The van der Waals surface area contributed by atoms with E-state index in [9.17, 15) is 9.90 Å². The third-order valence-corrected chi connectivity index (χ3v) is 6.97. The number of nitrogens with one attached hydrogen (secondary N) is 1. The van der Waals surface area contributed by atoms with Gasteiger partial charge in [-0.2, -0.15) is 0 Å². The molecule has 7 heteroatoms. The van der Waals surface area contributed by atoms with E-state index in [0.29, 0.717) is 18.5 Å². The topological polar surface area (TPSA) is 65.5 Å². The Morgan fingerprint density at radius 1 is 1.25 bits per heavy atom. The molecule has 146 valence electrons. The van der Waals surface area contributed by atoms with Gasteiger partial charge in [0.25, 0.3) is 5.91 Å². The molecule has 0 aliphatic carbocycles. The second kappa shape index (κ2) is 8.13. The highest BCUT2D eigenvalue weighted by Gasteiger charge is 2.46. The maximum atomic E-state index is 12.9. The Morgan fingerprint density at radius 3 is 2.75 bits per heavy atom. The maximum Gasteiger partial charge on any atom is 0.251 e. The molecule has 28 heavy (non-hydrogen) atoms. The van der Waals surface area contributed by atoms with E-state index in [1.54, 1.807) is 34.8 Å². The summed E-state index contributed by atoms with van der Waals surface area (Å²) >= 11 is 3.28. The Balaban J connectivity index is 1.65. The van der Waals surface area contributed by atoms with E-state index in [1.807, 2.05) is 48.1 Å². The number of rotatable bonds is 5. The molecule has 1 amide bonds. The molecule has 3 unspecified atom stereocenters. The van der Waals surface area contributed by atoms with Gasteiger partial charge in [0.2, 0.25) is 0 Å². The van der Waals surface area contributed by atoms with Crippen molar-refractivity contribution in [2.45, 2.75) is 37.6 Å². The van der Waals surface area contributed by atoms with Crippen molar-refractivity contribution < 1.29 is 9.90 Å². The molecular formula is C21H23N3O2S2. The normalized spacial score (nSPS) is 25.5. The van der Waals surface area contributed by atoms with Crippen molar-refractivity contribution in [2.75, 3.05) is 6.54 Å².